The zero-order valence-electron chi connectivity index (χ0n) is 17.0. The molecule has 1 rings (SSSR count). The number of rotatable bonds is 17. The van der Waals surface area contributed by atoms with Crippen molar-refractivity contribution in [2.45, 2.75) is 110 Å². The largest absolute Gasteiger partial charge is 0.326 e. The second-order valence-corrected chi connectivity index (χ2v) is 7.52. The summed E-state index contributed by atoms with van der Waals surface area (Å²) in [5, 5.41) is 2.90. The van der Waals surface area contributed by atoms with Gasteiger partial charge in [-0.15, -0.1) is 0 Å². The summed E-state index contributed by atoms with van der Waals surface area (Å²) in [6.45, 7) is 2.28. The van der Waals surface area contributed by atoms with Crippen molar-refractivity contribution < 1.29 is 4.79 Å². The molecule has 1 amide bonds. The van der Waals surface area contributed by atoms with E-state index in [0.29, 0.717) is 6.42 Å². The average Bonchev–Trinajstić information content (AvgIpc) is 2.65. The van der Waals surface area contributed by atoms with Crippen molar-refractivity contribution in [1.29, 1.82) is 0 Å². The van der Waals surface area contributed by atoms with Crippen LogP contribution in [-0.4, -0.2) is 5.91 Å². The number of hydrogen-bond acceptors (Lipinski definition) is 1. The smallest absolute Gasteiger partial charge is 0.224 e. The van der Waals surface area contributed by atoms with Gasteiger partial charge in [0.2, 0.25) is 5.91 Å². The number of anilines is 1. The molecule has 0 fully saturated rings. The molecule has 147 valence electrons. The van der Waals surface area contributed by atoms with Crippen LogP contribution in [0.15, 0.2) is 24.3 Å². The number of benzene rings is 1. The molecule has 0 aliphatic carbocycles. The highest BCUT2D eigenvalue weighted by atomic mass is 16.1. The Morgan fingerprint density at radius 1 is 0.769 bits per heavy atom. The van der Waals surface area contributed by atoms with Crippen LogP contribution in [0.1, 0.15) is 110 Å². The molecule has 1 radical (unpaired) electrons. The number of para-hydroxylation sites is 1. The fourth-order valence-electron chi connectivity index (χ4n) is 3.34. The van der Waals surface area contributed by atoms with E-state index in [-0.39, 0.29) is 5.91 Å². The molecule has 0 saturated heterocycles. The maximum Gasteiger partial charge on any atom is 0.224 e. The standard InChI is InChI=1S/C24H40NO/c1-2-3-4-5-6-7-8-9-10-11-12-13-14-15-19-22-24(26)25-23-20-17-16-18-21-23/h16-18,20H,2-15,19,22H2,1H3,(H,25,26). The lowest BCUT2D eigenvalue weighted by atomic mass is 10.0. The van der Waals surface area contributed by atoms with Gasteiger partial charge in [-0.3, -0.25) is 4.79 Å². The highest BCUT2D eigenvalue weighted by Crippen LogP contribution is 2.14. The maximum absolute atomic E-state index is 11.8. The van der Waals surface area contributed by atoms with Gasteiger partial charge in [-0.1, -0.05) is 115 Å². The number of carbonyl (C=O) groups excluding carboxylic acids is 1. The minimum atomic E-state index is 0.113. The van der Waals surface area contributed by atoms with Gasteiger partial charge in [0.25, 0.3) is 0 Å². The van der Waals surface area contributed by atoms with Crippen molar-refractivity contribution in [1.82, 2.24) is 0 Å². The van der Waals surface area contributed by atoms with Crippen molar-refractivity contribution in [3.63, 3.8) is 0 Å². The third-order valence-corrected chi connectivity index (χ3v) is 4.99. The van der Waals surface area contributed by atoms with E-state index in [1.165, 1.54) is 89.9 Å². The third-order valence-electron chi connectivity index (χ3n) is 4.99. The van der Waals surface area contributed by atoms with Crippen LogP contribution in [0.4, 0.5) is 5.69 Å². The summed E-state index contributed by atoms with van der Waals surface area (Å²) in [6.07, 6.45) is 20.9. The van der Waals surface area contributed by atoms with Crippen LogP contribution in [0, 0.1) is 6.07 Å². The molecule has 0 aliphatic heterocycles. The Morgan fingerprint density at radius 3 is 1.73 bits per heavy atom. The Bertz CT molecular complexity index is 429. The van der Waals surface area contributed by atoms with Gasteiger partial charge >= 0.3 is 0 Å². The van der Waals surface area contributed by atoms with Crippen LogP contribution in [0.25, 0.3) is 0 Å². The maximum atomic E-state index is 11.8. The van der Waals surface area contributed by atoms with Gasteiger partial charge in [0.05, 0.1) is 0 Å². The third kappa shape index (κ3) is 13.9. The highest BCUT2D eigenvalue weighted by molar-refractivity contribution is 5.90. The van der Waals surface area contributed by atoms with Gasteiger partial charge < -0.3 is 5.32 Å². The van der Waals surface area contributed by atoms with Gasteiger partial charge in [0.15, 0.2) is 0 Å². The number of nitrogens with one attached hydrogen (secondary N) is 1. The van der Waals surface area contributed by atoms with Crippen molar-refractivity contribution >= 4 is 11.6 Å². The first-order valence-corrected chi connectivity index (χ1v) is 11.1. The van der Waals surface area contributed by atoms with Crippen molar-refractivity contribution in [2.75, 3.05) is 5.32 Å². The van der Waals surface area contributed by atoms with E-state index < -0.39 is 0 Å². The van der Waals surface area contributed by atoms with Crippen molar-refractivity contribution in [2.24, 2.45) is 0 Å². The van der Waals surface area contributed by atoms with Crippen LogP contribution < -0.4 is 5.32 Å². The van der Waals surface area contributed by atoms with E-state index in [1.54, 1.807) is 0 Å². The second kappa shape index (κ2) is 17.1. The monoisotopic (exact) mass is 358 g/mol. The van der Waals surface area contributed by atoms with Crippen molar-refractivity contribution in [3.05, 3.63) is 30.3 Å². The summed E-state index contributed by atoms with van der Waals surface area (Å²) in [4.78, 5) is 11.8. The molecule has 2 nitrogen and oxygen atoms in total. The predicted molar refractivity (Wildman–Crippen MR) is 113 cm³/mol. The Labute approximate surface area is 162 Å². The topological polar surface area (TPSA) is 29.1 Å². The van der Waals surface area contributed by atoms with Crippen LogP contribution >= 0.6 is 0 Å². The molecule has 0 bridgehead atoms. The molecule has 1 aromatic rings. The minimum absolute atomic E-state index is 0.113. The van der Waals surface area contributed by atoms with Crippen LogP contribution in [0.3, 0.4) is 0 Å². The molecule has 0 spiro atoms. The molecule has 0 saturated carbocycles. The molecule has 1 aromatic carbocycles. The van der Waals surface area contributed by atoms with Crippen LogP contribution in [-0.2, 0) is 4.79 Å². The van der Waals surface area contributed by atoms with Crippen molar-refractivity contribution in [3.8, 4) is 0 Å². The van der Waals surface area contributed by atoms with Crippen LogP contribution in [0.5, 0.6) is 0 Å². The summed E-state index contributed by atoms with van der Waals surface area (Å²) in [6, 6.07) is 10.5. The molecular formula is C24H40NO. The van der Waals surface area contributed by atoms with E-state index in [9.17, 15) is 4.79 Å². The van der Waals surface area contributed by atoms with Gasteiger partial charge in [0, 0.05) is 18.2 Å². The molecule has 0 aromatic heterocycles. The average molecular weight is 359 g/mol. The number of unbranched alkanes of at least 4 members (excludes halogenated alkanes) is 14. The molecule has 0 heterocycles. The van der Waals surface area contributed by atoms with Gasteiger partial charge in [-0.2, -0.15) is 0 Å². The van der Waals surface area contributed by atoms with Gasteiger partial charge in [-0.05, 0) is 12.5 Å². The first-order chi connectivity index (χ1) is 12.8. The Kier molecular flexibility index (Phi) is 15.0. The molecule has 0 unspecified atom stereocenters. The summed E-state index contributed by atoms with van der Waals surface area (Å²) in [7, 11) is 0. The van der Waals surface area contributed by atoms with E-state index in [4.69, 9.17) is 0 Å². The van der Waals surface area contributed by atoms with E-state index in [0.717, 1.165) is 12.1 Å². The molecule has 26 heavy (non-hydrogen) atoms. The lowest BCUT2D eigenvalue weighted by molar-refractivity contribution is -0.116. The Hall–Kier alpha value is -1.31. The minimum Gasteiger partial charge on any atom is -0.326 e. The molecule has 0 atom stereocenters. The molecule has 0 aliphatic rings. The second-order valence-electron chi connectivity index (χ2n) is 7.52. The van der Waals surface area contributed by atoms with Gasteiger partial charge in [-0.25, -0.2) is 0 Å². The summed E-state index contributed by atoms with van der Waals surface area (Å²) in [5.41, 5.74) is 0.776. The van der Waals surface area contributed by atoms with E-state index in [1.807, 2.05) is 24.3 Å². The Balaban J connectivity index is 1.77. The predicted octanol–water partition coefficient (Wildman–Crippen LogP) is 7.69. The number of carbonyl (C=O) groups is 1. The fourth-order valence-corrected chi connectivity index (χ4v) is 3.34. The fraction of sp³-hybridized carbons (Fsp3) is 0.708. The number of amides is 1. The summed E-state index contributed by atoms with van der Waals surface area (Å²) >= 11 is 0. The zero-order chi connectivity index (χ0) is 18.7. The van der Waals surface area contributed by atoms with E-state index >= 15 is 0 Å². The normalized spacial score (nSPS) is 10.8. The SMILES string of the molecule is CCCCCCCCCCCCCCCCCC(=O)Nc1[c]cccc1. The van der Waals surface area contributed by atoms with Crippen LogP contribution in [0.2, 0.25) is 0 Å². The highest BCUT2D eigenvalue weighted by Gasteiger charge is 2.01. The molecule has 1 N–H and O–H groups in total. The molecule has 2 heteroatoms. The van der Waals surface area contributed by atoms with Gasteiger partial charge in [0.1, 0.15) is 0 Å². The summed E-state index contributed by atoms with van der Waals surface area (Å²) in [5.74, 6) is 0.113. The number of hydrogen-bond donors (Lipinski definition) is 1. The zero-order valence-corrected chi connectivity index (χ0v) is 17.0. The summed E-state index contributed by atoms with van der Waals surface area (Å²) < 4.78 is 0. The Morgan fingerprint density at radius 2 is 1.27 bits per heavy atom. The quantitative estimate of drug-likeness (QED) is 0.284. The first kappa shape index (κ1) is 22.7. The lowest BCUT2D eigenvalue weighted by Crippen LogP contribution is -2.10. The molecular weight excluding hydrogens is 318 g/mol. The first-order valence-electron chi connectivity index (χ1n) is 11.1. The van der Waals surface area contributed by atoms with E-state index in [2.05, 4.69) is 18.3 Å². The lowest BCUT2D eigenvalue weighted by Gasteiger charge is -2.05.